The molecule has 2 amide bonds. The van der Waals surface area contributed by atoms with E-state index in [1.165, 1.54) is 48.6 Å². The molecule has 1 aromatic rings. The Morgan fingerprint density at radius 1 is 1.00 bits per heavy atom. The van der Waals surface area contributed by atoms with Crippen LogP contribution in [0.3, 0.4) is 0 Å². The van der Waals surface area contributed by atoms with Crippen molar-refractivity contribution in [3.05, 3.63) is 34.3 Å². The number of amides is 2. The minimum Gasteiger partial charge on any atom is -0.333 e. The van der Waals surface area contributed by atoms with Crippen LogP contribution in [0.25, 0.3) is 0 Å². The Balaban J connectivity index is 1.16. The maximum atomic E-state index is 13.0. The van der Waals surface area contributed by atoms with Crippen LogP contribution in [0.4, 0.5) is 4.79 Å². The van der Waals surface area contributed by atoms with Crippen molar-refractivity contribution in [2.45, 2.75) is 50.6 Å². The monoisotopic (exact) mass is 431 g/mol. The number of carbonyl (C=O) groups is 1. The van der Waals surface area contributed by atoms with Crippen LogP contribution in [0, 0.1) is 17.8 Å². The van der Waals surface area contributed by atoms with Crippen LogP contribution in [-0.2, 0) is 6.54 Å². The summed E-state index contributed by atoms with van der Waals surface area (Å²) in [4.78, 5) is 17.5. The molecule has 1 saturated heterocycles. The number of hydrogen-bond acceptors (Lipinski definition) is 2. The predicted molar refractivity (Wildman–Crippen MR) is 110 cm³/mol. The summed E-state index contributed by atoms with van der Waals surface area (Å²) < 4.78 is 1.17. The van der Waals surface area contributed by atoms with Gasteiger partial charge in [0.05, 0.1) is 0 Å². The van der Waals surface area contributed by atoms with Crippen LogP contribution in [0.2, 0.25) is 0 Å². The van der Waals surface area contributed by atoms with Gasteiger partial charge in [-0.15, -0.1) is 0 Å². The number of piperazine rings is 1. The Kier molecular flexibility index (Phi) is 4.71. The largest absolute Gasteiger partial charge is 0.333 e. The van der Waals surface area contributed by atoms with Crippen molar-refractivity contribution in [3.63, 3.8) is 0 Å². The van der Waals surface area contributed by atoms with E-state index in [0.717, 1.165) is 50.5 Å². The van der Waals surface area contributed by atoms with Gasteiger partial charge in [-0.1, -0.05) is 34.1 Å². The van der Waals surface area contributed by atoms with Gasteiger partial charge in [0.1, 0.15) is 0 Å². The topological polar surface area (TPSA) is 35.6 Å². The van der Waals surface area contributed by atoms with Crippen LogP contribution in [-0.4, -0.2) is 47.5 Å². The molecule has 6 rings (SSSR count). The molecule has 146 valence electrons. The lowest BCUT2D eigenvalue weighted by molar-refractivity contribution is -0.0165. The van der Waals surface area contributed by atoms with Crippen LogP contribution in [0.1, 0.15) is 44.1 Å². The van der Waals surface area contributed by atoms with Crippen LogP contribution >= 0.6 is 15.9 Å². The molecule has 4 aliphatic carbocycles. The van der Waals surface area contributed by atoms with E-state index in [2.05, 4.69) is 55.3 Å². The molecular formula is C22H30BrN3O. The van der Waals surface area contributed by atoms with E-state index >= 15 is 0 Å². The van der Waals surface area contributed by atoms with Crippen LogP contribution in [0.5, 0.6) is 0 Å². The summed E-state index contributed by atoms with van der Waals surface area (Å²) in [7, 11) is 0. The van der Waals surface area contributed by atoms with Gasteiger partial charge in [0.25, 0.3) is 0 Å². The van der Waals surface area contributed by atoms with E-state index in [1.54, 1.807) is 0 Å². The highest BCUT2D eigenvalue weighted by Crippen LogP contribution is 2.55. The van der Waals surface area contributed by atoms with Gasteiger partial charge in [-0.2, -0.15) is 0 Å². The molecule has 27 heavy (non-hydrogen) atoms. The number of halogens is 1. The summed E-state index contributed by atoms with van der Waals surface area (Å²) in [5, 5.41) is 3.53. The smallest absolute Gasteiger partial charge is 0.317 e. The van der Waals surface area contributed by atoms with Gasteiger partial charge in [-0.25, -0.2) is 4.79 Å². The Bertz CT molecular complexity index is 678. The van der Waals surface area contributed by atoms with Crippen LogP contribution in [0.15, 0.2) is 28.7 Å². The van der Waals surface area contributed by atoms with Gasteiger partial charge in [-0.05, 0) is 67.9 Å². The number of rotatable bonds is 3. The van der Waals surface area contributed by atoms with E-state index in [0.29, 0.717) is 0 Å². The van der Waals surface area contributed by atoms with E-state index in [1.807, 2.05) is 0 Å². The molecule has 1 aliphatic heterocycles. The first-order valence-electron chi connectivity index (χ1n) is 10.6. The molecule has 4 bridgehead atoms. The third-order valence-electron chi connectivity index (χ3n) is 7.42. The standard InChI is InChI=1S/C22H30BrN3O/c23-20-4-2-1-3-19(20)15-25-5-7-26(8-6-25)21(27)24-22-12-16-9-17(13-22)11-18(10-16)14-22/h1-4,16-18H,5-15H2,(H,24,27). The number of nitrogens with one attached hydrogen (secondary N) is 1. The summed E-state index contributed by atoms with van der Waals surface area (Å²) in [5.41, 5.74) is 1.45. The maximum absolute atomic E-state index is 13.0. The zero-order valence-corrected chi connectivity index (χ0v) is 17.6. The summed E-state index contributed by atoms with van der Waals surface area (Å²) in [6, 6.07) is 8.62. The van der Waals surface area contributed by atoms with E-state index < -0.39 is 0 Å². The van der Waals surface area contributed by atoms with Crippen molar-refractivity contribution in [1.82, 2.24) is 15.1 Å². The Labute approximate surface area is 170 Å². The molecule has 1 heterocycles. The molecular weight excluding hydrogens is 402 g/mol. The lowest BCUT2D eigenvalue weighted by atomic mass is 9.53. The van der Waals surface area contributed by atoms with Gasteiger partial charge in [0.15, 0.2) is 0 Å². The minimum absolute atomic E-state index is 0.123. The predicted octanol–water partition coefficient (Wildman–Crippen LogP) is 4.25. The second-order valence-electron chi connectivity index (χ2n) is 9.48. The number of benzene rings is 1. The maximum Gasteiger partial charge on any atom is 0.317 e. The first-order valence-corrected chi connectivity index (χ1v) is 11.4. The van der Waals surface area contributed by atoms with Gasteiger partial charge in [0.2, 0.25) is 0 Å². The van der Waals surface area contributed by atoms with Crippen molar-refractivity contribution in [1.29, 1.82) is 0 Å². The van der Waals surface area contributed by atoms with Gasteiger partial charge in [0, 0.05) is 42.7 Å². The number of carbonyl (C=O) groups excluding carboxylic acids is 1. The molecule has 0 radical (unpaired) electrons. The zero-order chi connectivity index (χ0) is 18.4. The average Bonchev–Trinajstić information content (AvgIpc) is 2.63. The Morgan fingerprint density at radius 2 is 1.59 bits per heavy atom. The first-order chi connectivity index (χ1) is 13.1. The van der Waals surface area contributed by atoms with Gasteiger partial charge >= 0.3 is 6.03 Å². The van der Waals surface area contributed by atoms with Crippen molar-refractivity contribution >= 4 is 22.0 Å². The molecule has 0 unspecified atom stereocenters. The summed E-state index contributed by atoms with van der Waals surface area (Å²) >= 11 is 3.64. The number of urea groups is 1. The lowest BCUT2D eigenvalue weighted by Crippen LogP contribution is -2.63. The highest BCUT2D eigenvalue weighted by molar-refractivity contribution is 9.10. The molecule has 5 heteroatoms. The fourth-order valence-corrected chi connectivity index (χ4v) is 6.96. The fraction of sp³-hybridized carbons (Fsp3) is 0.682. The van der Waals surface area contributed by atoms with Crippen molar-refractivity contribution in [3.8, 4) is 0 Å². The fourth-order valence-electron chi connectivity index (χ4n) is 6.55. The van der Waals surface area contributed by atoms with Crippen molar-refractivity contribution in [2.75, 3.05) is 26.2 Å². The number of nitrogens with zero attached hydrogens (tertiary/aromatic N) is 2. The van der Waals surface area contributed by atoms with E-state index in [4.69, 9.17) is 0 Å². The second kappa shape index (κ2) is 7.07. The molecule has 4 nitrogen and oxygen atoms in total. The molecule has 5 aliphatic rings. The molecule has 5 fully saturated rings. The molecule has 0 aromatic heterocycles. The van der Waals surface area contributed by atoms with Crippen molar-refractivity contribution in [2.24, 2.45) is 17.8 Å². The Hall–Kier alpha value is -1.07. The quantitative estimate of drug-likeness (QED) is 0.776. The SMILES string of the molecule is O=C(NC12CC3CC(CC(C3)C1)C2)N1CCN(Cc2ccccc2Br)CC1. The van der Waals surface area contributed by atoms with Crippen LogP contribution < -0.4 is 5.32 Å². The van der Waals surface area contributed by atoms with E-state index in [9.17, 15) is 4.79 Å². The third-order valence-corrected chi connectivity index (χ3v) is 8.20. The molecule has 4 saturated carbocycles. The number of hydrogen-bond donors (Lipinski definition) is 1. The minimum atomic E-state index is 0.123. The average molecular weight is 432 g/mol. The normalized spacial score (nSPS) is 35.4. The highest BCUT2D eigenvalue weighted by atomic mass is 79.9. The molecule has 1 N–H and O–H groups in total. The van der Waals surface area contributed by atoms with Gasteiger partial charge in [-0.3, -0.25) is 4.90 Å². The summed E-state index contributed by atoms with van der Waals surface area (Å²) in [5.74, 6) is 2.62. The highest BCUT2D eigenvalue weighted by Gasteiger charge is 2.51. The molecule has 0 spiro atoms. The Morgan fingerprint density at radius 3 is 2.19 bits per heavy atom. The summed E-state index contributed by atoms with van der Waals surface area (Å²) in [6.45, 7) is 4.53. The molecule has 1 aromatic carbocycles. The zero-order valence-electron chi connectivity index (χ0n) is 16.0. The third kappa shape index (κ3) is 3.65. The van der Waals surface area contributed by atoms with Crippen molar-refractivity contribution < 1.29 is 4.79 Å². The lowest BCUT2D eigenvalue weighted by Gasteiger charge is -2.57. The summed E-state index contributed by atoms with van der Waals surface area (Å²) in [6.07, 6.45) is 7.95. The second-order valence-corrected chi connectivity index (χ2v) is 10.3. The first kappa shape index (κ1) is 18.0. The molecule has 0 atom stereocenters. The van der Waals surface area contributed by atoms with Gasteiger partial charge < -0.3 is 10.2 Å². The van der Waals surface area contributed by atoms with E-state index in [-0.39, 0.29) is 11.6 Å².